The molecule has 2 N–H and O–H groups in total. The van der Waals surface area contributed by atoms with Gasteiger partial charge in [-0.2, -0.15) is 13.5 Å². The summed E-state index contributed by atoms with van der Waals surface area (Å²) in [4.78, 5) is 12.8. The van der Waals surface area contributed by atoms with Gasteiger partial charge in [-0.15, -0.1) is 5.11 Å². The van der Waals surface area contributed by atoms with Gasteiger partial charge in [-0.25, -0.2) is 0 Å². The van der Waals surface area contributed by atoms with Crippen LogP contribution in [-0.4, -0.2) is 25.5 Å². The van der Waals surface area contributed by atoms with Crippen molar-refractivity contribution in [3.05, 3.63) is 81.8 Å². The predicted molar refractivity (Wildman–Crippen MR) is 149 cm³/mol. The number of para-hydroxylation sites is 1. The van der Waals surface area contributed by atoms with Gasteiger partial charge < -0.3 is 15.2 Å². The number of nitrogens with zero attached hydrogens (tertiary/aromatic N) is 2. The predicted octanol–water partition coefficient (Wildman–Crippen LogP) is 4.10. The zero-order valence-corrected chi connectivity index (χ0v) is 26.1. The second kappa shape index (κ2) is 13.3. The maximum Gasteiger partial charge on any atom is 1.00 e. The maximum absolute atomic E-state index is 13.5. The summed E-state index contributed by atoms with van der Waals surface area (Å²) in [6, 6.07) is 15.6. The van der Waals surface area contributed by atoms with Crippen molar-refractivity contribution in [3.63, 3.8) is 0 Å². The first kappa shape index (κ1) is 31.8. The summed E-state index contributed by atoms with van der Waals surface area (Å²) in [5, 5.41) is 25.5. The van der Waals surface area contributed by atoms with E-state index in [1.807, 2.05) is 0 Å². The number of carbonyl (C=O) groups is 1. The van der Waals surface area contributed by atoms with Gasteiger partial charge in [-0.1, -0.05) is 66.2 Å². The van der Waals surface area contributed by atoms with Crippen LogP contribution in [0.4, 0.5) is 17.1 Å². The van der Waals surface area contributed by atoms with E-state index in [-0.39, 0.29) is 74.2 Å². The molecule has 4 rings (SSSR count). The summed E-state index contributed by atoms with van der Waals surface area (Å²) in [7, 11) is -4.70. The summed E-state index contributed by atoms with van der Waals surface area (Å²) in [5.74, 6) is -1.19. The average molecular weight is 610 g/mol. The number of benzene rings is 4. The van der Waals surface area contributed by atoms with E-state index in [9.17, 15) is 22.9 Å². The molecular formula is C27H22Cl2N3NaO6S. The Morgan fingerprint density at radius 3 is 2.45 bits per heavy atom. The minimum absolute atomic E-state index is 0. The largest absolute Gasteiger partial charge is 1.00 e. The molecule has 4 aromatic carbocycles. The van der Waals surface area contributed by atoms with Crippen LogP contribution in [0.15, 0.2) is 75.8 Å². The van der Waals surface area contributed by atoms with Crippen LogP contribution in [-0.2, 0) is 16.5 Å². The summed E-state index contributed by atoms with van der Waals surface area (Å²) in [6.07, 6.45) is 0.232. The molecule has 202 valence electrons. The molecule has 0 aliphatic rings. The molecular weight excluding hydrogens is 588 g/mol. The van der Waals surface area contributed by atoms with Crippen LogP contribution in [0.1, 0.15) is 29.8 Å². The van der Waals surface area contributed by atoms with Gasteiger partial charge in [-0.05, 0) is 54.6 Å². The van der Waals surface area contributed by atoms with E-state index in [1.165, 1.54) is 18.2 Å². The van der Waals surface area contributed by atoms with Crippen molar-refractivity contribution in [2.24, 2.45) is 10.2 Å². The van der Waals surface area contributed by atoms with E-state index in [0.717, 1.165) is 0 Å². The van der Waals surface area contributed by atoms with Crippen molar-refractivity contribution < 1.29 is 57.2 Å². The van der Waals surface area contributed by atoms with Gasteiger partial charge in [0.25, 0.3) is 16.0 Å². The van der Waals surface area contributed by atoms with Gasteiger partial charge in [0.1, 0.15) is 22.0 Å². The number of rotatable bonds is 8. The third-order valence-corrected chi connectivity index (χ3v) is 7.26. The molecule has 4 aromatic rings. The molecule has 13 heteroatoms. The molecule has 40 heavy (non-hydrogen) atoms. The van der Waals surface area contributed by atoms with Crippen LogP contribution < -0.4 is 44.7 Å². The minimum atomic E-state index is -4.70. The van der Waals surface area contributed by atoms with Crippen LogP contribution in [0.2, 0.25) is 10.0 Å². The smallest absolute Gasteiger partial charge is 0.870 e. The van der Waals surface area contributed by atoms with E-state index in [4.69, 9.17) is 27.9 Å². The zero-order valence-electron chi connectivity index (χ0n) is 21.7. The summed E-state index contributed by atoms with van der Waals surface area (Å²) in [5.41, 5.74) is -0.283. The number of halogens is 2. The second-order valence-corrected chi connectivity index (χ2v) is 10.5. The van der Waals surface area contributed by atoms with Gasteiger partial charge in [-0.3, -0.25) is 9.35 Å². The Balaban J connectivity index is 0.00000441. The third kappa shape index (κ3) is 6.77. The molecule has 0 unspecified atom stereocenters. The summed E-state index contributed by atoms with van der Waals surface area (Å²) >= 11 is 12.4. The number of ether oxygens (including phenoxy) is 1. The Bertz CT molecular complexity index is 1730. The van der Waals surface area contributed by atoms with E-state index >= 15 is 0 Å². The standard InChI is InChI=1S/C27H23Cl2N3O6S.Na/c1-3-15-12-17(28)14-21(26(15)39(35,36)37)31-32-23-18-9-6-5-8-16(18)13-19(25(23)33)27(34)30-24-20(29)10-7-11-22(24)38-4-2;/h5-14,33H,3-4H2,1-2H3,(H,30,34)(H,35,36,37);/q;+1/p-1. The summed E-state index contributed by atoms with van der Waals surface area (Å²) in [6.45, 7) is 3.79. The fourth-order valence-electron chi connectivity index (χ4n) is 4.03. The molecule has 0 fully saturated rings. The van der Waals surface area contributed by atoms with Crippen molar-refractivity contribution in [2.75, 3.05) is 11.9 Å². The molecule has 0 spiro atoms. The third-order valence-electron chi connectivity index (χ3n) is 5.74. The maximum atomic E-state index is 13.5. The Morgan fingerprint density at radius 2 is 1.77 bits per heavy atom. The molecule has 0 aliphatic carbocycles. The molecule has 0 atom stereocenters. The fraction of sp³-hybridized carbons (Fsp3) is 0.148. The van der Waals surface area contributed by atoms with Gasteiger partial charge in [0.2, 0.25) is 0 Å². The van der Waals surface area contributed by atoms with E-state index < -0.39 is 26.7 Å². The number of carbonyl (C=O) groups excluding carboxylic acids is 1. The number of amides is 1. The fourth-order valence-corrected chi connectivity index (χ4v) is 5.38. The van der Waals surface area contributed by atoms with Crippen LogP contribution in [0.5, 0.6) is 11.5 Å². The van der Waals surface area contributed by atoms with Crippen molar-refractivity contribution in [3.8, 4) is 11.5 Å². The average Bonchev–Trinajstić information content (AvgIpc) is 2.88. The molecule has 9 nitrogen and oxygen atoms in total. The normalized spacial score (nSPS) is 11.4. The number of azo groups is 1. The Hall–Kier alpha value is -2.70. The monoisotopic (exact) mass is 609 g/mol. The molecule has 0 radical (unpaired) electrons. The first-order chi connectivity index (χ1) is 18.5. The van der Waals surface area contributed by atoms with Gasteiger partial charge in [0.15, 0.2) is 0 Å². The van der Waals surface area contributed by atoms with Crippen molar-refractivity contribution in [2.45, 2.75) is 25.2 Å². The number of hydrogen-bond donors (Lipinski definition) is 2. The van der Waals surface area contributed by atoms with Crippen LogP contribution in [0.25, 0.3) is 10.8 Å². The van der Waals surface area contributed by atoms with Gasteiger partial charge in [0, 0.05) is 16.0 Å². The number of fused-ring (bicyclic) bond motifs is 1. The SMILES string of the molecule is CCOc1cccc(Cl)c1NC(=O)c1cc2ccccc2c(N=Nc2cc(Cl)cc(CC)c2S(=O)(=O)O)c1[O-].[Na+]. The zero-order chi connectivity index (χ0) is 28.3. The molecule has 0 aliphatic heterocycles. The molecule has 0 saturated heterocycles. The van der Waals surface area contributed by atoms with Crippen LogP contribution in [0.3, 0.4) is 0 Å². The Kier molecular flexibility index (Phi) is 10.6. The molecule has 0 bridgehead atoms. The first-order valence-corrected chi connectivity index (χ1v) is 13.9. The summed E-state index contributed by atoms with van der Waals surface area (Å²) < 4.78 is 39.6. The Labute approximate surface area is 263 Å². The van der Waals surface area contributed by atoms with Crippen LogP contribution in [0, 0.1) is 0 Å². The van der Waals surface area contributed by atoms with E-state index in [2.05, 4.69) is 15.5 Å². The molecule has 0 saturated carbocycles. The van der Waals surface area contributed by atoms with Crippen molar-refractivity contribution in [1.82, 2.24) is 0 Å². The van der Waals surface area contributed by atoms with Gasteiger partial charge >= 0.3 is 29.6 Å². The number of nitrogens with one attached hydrogen (secondary N) is 1. The number of anilines is 1. The minimum Gasteiger partial charge on any atom is -0.870 e. The molecule has 0 heterocycles. The van der Waals surface area contributed by atoms with Crippen LogP contribution >= 0.6 is 23.2 Å². The molecule has 0 aromatic heterocycles. The molecule has 1 amide bonds. The quantitative estimate of drug-likeness (QED) is 0.175. The topological polar surface area (TPSA) is 140 Å². The Morgan fingerprint density at radius 1 is 1.05 bits per heavy atom. The first-order valence-electron chi connectivity index (χ1n) is 11.7. The van der Waals surface area contributed by atoms with Gasteiger partial charge in [0.05, 0.1) is 17.3 Å². The van der Waals surface area contributed by atoms with E-state index in [0.29, 0.717) is 23.1 Å². The number of hydrogen-bond acceptors (Lipinski definition) is 7. The van der Waals surface area contributed by atoms with Crippen molar-refractivity contribution in [1.29, 1.82) is 0 Å². The van der Waals surface area contributed by atoms with Crippen molar-refractivity contribution >= 4 is 67.1 Å². The number of aryl methyl sites for hydroxylation is 1. The van der Waals surface area contributed by atoms with E-state index in [1.54, 1.807) is 56.3 Å². The second-order valence-electron chi connectivity index (χ2n) is 8.26.